The number of alkyl halides is 1. The molecular weight excluding hydrogens is 311 g/mol. The number of ether oxygens (including phenoxy) is 1. The third-order valence-corrected chi connectivity index (χ3v) is 4.07. The van der Waals surface area contributed by atoms with Gasteiger partial charge in [-0.3, -0.25) is 9.18 Å². The van der Waals surface area contributed by atoms with Crippen LogP contribution in [-0.4, -0.2) is 41.8 Å². The molecule has 1 aromatic carbocycles. The number of carbonyl (C=O) groups is 2. The van der Waals surface area contributed by atoms with Gasteiger partial charge in [-0.25, -0.2) is 4.79 Å². The molecule has 0 bridgehead atoms. The Labute approximate surface area is 142 Å². The van der Waals surface area contributed by atoms with E-state index in [1.165, 1.54) is 0 Å². The van der Waals surface area contributed by atoms with Crippen molar-refractivity contribution in [3.8, 4) is 0 Å². The Bertz CT molecular complexity index is 586. The quantitative estimate of drug-likeness (QED) is 0.919. The zero-order valence-corrected chi connectivity index (χ0v) is 14.6. The second-order valence-corrected chi connectivity index (χ2v) is 7.12. The summed E-state index contributed by atoms with van der Waals surface area (Å²) in [4.78, 5) is 26.2. The SMILES string of the molecule is CC(c1ccccc1)N1CC(CF)C(NC(=O)OC(C)(C)C)C1=O. The predicted molar refractivity (Wildman–Crippen MR) is 89.2 cm³/mol. The maximum Gasteiger partial charge on any atom is 0.408 e. The number of alkyl carbamates (subject to hydrolysis) is 1. The molecule has 2 amide bonds. The summed E-state index contributed by atoms with van der Waals surface area (Å²) in [5.41, 5.74) is 0.301. The number of carbonyl (C=O) groups excluding carboxylic acids is 2. The molecule has 1 fully saturated rings. The van der Waals surface area contributed by atoms with Crippen molar-refractivity contribution in [3.63, 3.8) is 0 Å². The average molecular weight is 336 g/mol. The van der Waals surface area contributed by atoms with E-state index in [4.69, 9.17) is 4.74 Å². The molecule has 0 aromatic heterocycles. The van der Waals surface area contributed by atoms with Gasteiger partial charge >= 0.3 is 6.09 Å². The smallest absolute Gasteiger partial charge is 0.408 e. The van der Waals surface area contributed by atoms with Gasteiger partial charge in [0.2, 0.25) is 5.91 Å². The first kappa shape index (κ1) is 18.2. The Hall–Kier alpha value is -2.11. The molecule has 1 aliphatic heterocycles. The van der Waals surface area contributed by atoms with Crippen molar-refractivity contribution in [2.75, 3.05) is 13.2 Å². The molecule has 5 nitrogen and oxygen atoms in total. The molecular formula is C18H25FN2O3. The number of likely N-dealkylation sites (tertiary alicyclic amines) is 1. The number of nitrogens with one attached hydrogen (secondary N) is 1. The van der Waals surface area contributed by atoms with Crippen molar-refractivity contribution in [1.82, 2.24) is 10.2 Å². The van der Waals surface area contributed by atoms with Gasteiger partial charge in [0, 0.05) is 12.5 Å². The molecule has 0 spiro atoms. The fourth-order valence-corrected chi connectivity index (χ4v) is 2.84. The van der Waals surface area contributed by atoms with Crippen LogP contribution in [0.25, 0.3) is 0 Å². The summed E-state index contributed by atoms with van der Waals surface area (Å²) in [6, 6.07) is 8.48. The third kappa shape index (κ3) is 4.24. The predicted octanol–water partition coefficient (Wildman–Crippen LogP) is 3.07. The summed E-state index contributed by atoms with van der Waals surface area (Å²) >= 11 is 0. The van der Waals surface area contributed by atoms with Crippen LogP contribution in [0.4, 0.5) is 9.18 Å². The van der Waals surface area contributed by atoms with Gasteiger partial charge in [0.1, 0.15) is 11.6 Å². The van der Waals surface area contributed by atoms with Crippen molar-refractivity contribution >= 4 is 12.0 Å². The van der Waals surface area contributed by atoms with Crippen LogP contribution in [0.1, 0.15) is 39.3 Å². The molecule has 1 aromatic rings. The normalized spacial score (nSPS) is 22.4. The van der Waals surface area contributed by atoms with E-state index in [0.717, 1.165) is 5.56 Å². The van der Waals surface area contributed by atoms with E-state index >= 15 is 0 Å². The van der Waals surface area contributed by atoms with Crippen LogP contribution in [0.3, 0.4) is 0 Å². The Morgan fingerprint density at radius 3 is 2.54 bits per heavy atom. The molecule has 3 atom stereocenters. The van der Waals surface area contributed by atoms with E-state index in [0.29, 0.717) is 0 Å². The average Bonchev–Trinajstić information content (AvgIpc) is 2.82. The lowest BCUT2D eigenvalue weighted by Gasteiger charge is -2.25. The lowest BCUT2D eigenvalue weighted by molar-refractivity contribution is -0.131. The van der Waals surface area contributed by atoms with E-state index in [-0.39, 0.29) is 18.5 Å². The Balaban J connectivity index is 2.10. The maximum atomic E-state index is 13.4. The summed E-state index contributed by atoms with van der Waals surface area (Å²) < 4.78 is 18.6. The Morgan fingerprint density at radius 2 is 2.00 bits per heavy atom. The minimum absolute atomic E-state index is 0.182. The van der Waals surface area contributed by atoms with Gasteiger partial charge in [-0.05, 0) is 33.3 Å². The Kier molecular flexibility index (Phi) is 5.47. The molecule has 6 heteroatoms. The lowest BCUT2D eigenvalue weighted by Crippen LogP contribution is -2.46. The van der Waals surface area contributed by atoms with Crippen molar-refractivity contribution in [3.05, 3.63) is 35.9 Å². The van der Waals surface area contributed by atoms with Gasteiger partial charge in [-0.1, -0.05) is 30.3 Å². The number of benzene rings is 1. The second-order valence-electron chi connectivity index (χ2n) is 7.12. The third-order valence-electron chi connectivity index (χ3n) is 4.07. The van der Waals surface area contributed by atoms with E-state index in [1.54, 1.807) is 25.7 Å². The van der Waals surface area contributed by atoms with E-state index in [9.17, 15) is 14.0 Å². The molecule has 1 saturated heterocycles. The molecule has 24 heavy (non-hydrogen) atoms. The fourth-order valence-electron chi connectivity index (χ4n) is 2.84. The van der Waals surface area contributed by atoms with Gasteiger partial charge in [0.15, 0.2) is 0 Å². The second kappa shape index (κ2) is 7.20. The van der Waals surface area contributed by atoms with Crippen LogP contribution in [0.15, 0.2) is 30.3 Å². The number of hydrogen-bond donors (Lipinski definition) is 1. The van der Waals surface area contributed by atoms with Crippen LogP contribution in [0.5, 0.6) is 0 Å². The summed E-state index contributed by atoms with van der Waals surface area (Å²) in [6.07, 6.45) is -0.700. The summed E-state index contributed by atoms with van der Waals surface area (Å²) in [5, 5.41) is 2.53. The maximum absolute atomic E-state index is 13.4. The number of hydrogen-bond acceptors (Lipinski definition) is 3. The zero-order chi connectivity index (χ0) is 17.9. The first-order chi connectivity index (χ1) is 11.2. The Morgan fingerprint density at radius 1 is 1.38 bits per heavy atom. The van der Waals surface area contributed by atoms with Crippen LogP contribution in [-0.2, 0) is 9.53 Å². The highest BCUT2D eigenvalue weighted by Crippen LogP contribution is 2.29. The van der Waals surface area contributed by atoms with Crippen molar-refractivity contribution < 1.29 is 18.7 Å². The van der Waals surface area contributed by atoms with Crippen LogP contribution >= 0.6 is 0 Å². The van der Waals surface area contributed by atoms with Gasteiger partial charge in [0.05, 0.1) is 12.7 Å². The van der Waals surface area contributed by atoms with Crippen molar-refractivity contribution in [2.45, 2.75) is 45.4 Å². The highest BCUT2D eigenvalue weighted by atomic mass is 19.1. The van der Waals surface area contributed by atoms with Gasteiger partial charge in [-0.15, -0.1) is 0 Å². The fraction of sp³-hybridized carbons (Fsp3) is 0.556. The molecule has 1 aliphatic rings. The monoisotopic (exact) mass is 336 g/mol. The van der Waals surface area contributed by atoms with Crippen molar-refractivity contribution in [2.24, 2.45) is 5.92 Å². The van der Waals surface area contributed by atoms with Crippen LogP contribution in [0, 0.1) is 5.92 Å². The topological polar surface area (TPSA) is 58.6 Å². The minimum Gasteiger partial charge on any atom is -0.444 e. The number of halogens is 1. The number of amides is 2. The van der Waals surface area contributed by atoms with Crippen LogP contribution in [0.2, 0.25) is 0 Å². The van der Waals surface area contributed by atoms with E-state index in [1.807, 2.05) is 37.3 Å². The van der Waals surface area contributed by atoms with E-state index < -0.39 is 30.3 Å². The molecule has 3 unspecified atom stereocenters. The number of nitrogens with zero attached hydrogens (tertiary/aromatic N) is 1. The molecule has 0 radical (unpaired) electrons. The molecule has 0 saturated carbocycles. The first-order valence-corrected chi connectivity index (χ1v) is 8.14. The summed E-state index contributed by atoms with van der Waals surface area (Å²) in [5.74, 6) is -0.851. The zero-order valence-electron chi connectivity index (χ0n) is 14.6. The first-order valence-electron chi connectivity index (χ1n) is 8.14. The largest absolute Gasteiger partial charge is 0.444 e. The highest BCUT2D eigenvalue weighted by molar-refractivity contribution is 5.88. The van der Waals surface area contributed by atoms with Gasteiger partial charge < -0.3 is 15.0 Å². The van der Waals surface area contributed by atoms with Crippen LogP contribution < -0.4 is 5.32 Å². The molecule has 0 aliphatic carbocycles. The summed E-state index contributed by atoms with van der Waals surface area (Å²) in [6.45, 7) is 6.70. The number of rotatable bonds is 4. The van der Waals surface area contributed by atoms with Gasteiger partial charge in [-0.2, -0.15) is 0 Å². The van der Waals surface area contributed by atoms with Gasteiger partial charge in [0.25, 0.3) is 0 Å². The van der Waals surface area contributed by atoms with Crippen molar-refractivity contribution in [1.29, 1.82) is 0 Å². The molecule has 1 heterocycles. The highest BCUT2D eigenvalue weighted by Gasteiger charge is 2.43. The minimum atomic E-state index is -0.893. The molecule has 132 valence electrons. The molecule has 1 N–H and O–H groups in total. The van der Waals surface area contributed by atoms with E-state index in [2.05, 4.69) is 5.32 Å². The lowest BCUT2D eigenvalue weighted by atomic mass is 10.1. The summed E-state index contributed by atoms with van der Waals surface area (Å²) in [7, 11) is 0. The molecule has 2 rings (SSSR count). The standard InChI is InChI=1S/C18H25FN2O3/c1-12(13-8-6-5-7-9-13)21-11-14(10-19)15(16(21)22)20-17(23)24-18(2,3)4/h5-9,12,14-15H,10-11H2,1-4H3,(H,20,23).